The molecule has 144 valence electrons. The van der Waals surface area contributed by atoms with Crippen LogP contribution in [-0.2, 0) is 14.8 Å². The highest BCUT2D eigenvalue weighted by atomic mass is 32.2. The summed E-state index contributed by atoms with van der Waals surface area (Å²) >= 11 is 0. The average molecular weight is 379 g/mol. The van der Waals surface area contributed by atoms with E-state index in [1.165, 1.54) is 25.7 Å². The molecule has 1 N–H and O–H groups in total. The van der Waals surface area contributed by atoms with Gasteiger partial charge in [0.1, 0.15) is 0 Å². The van der Waals surface area contributed by atoms with E-state index in [1.807, 2.05) is 24.8 Å². The Morgan fingerprint density at radius 1 is 1.12 bits per heavy atom. The Morgan fingerprint density at radius 3 is 2.62 bits per heavy atom. The maximum Gasteiger partial charge on any atom is 0.240 e. The van der Waals surface area contributed by atoms with Gasteiger partial charge in [0.2, 0.25) is 15.9 Å². The minimum absolute atomic E-state index is 0.0874. The first-order chi connectivity index (χ1) is 12.4. The molecule has 26 heavy (non-hydrogen) atoms. The van der Waals surface area contributed by atoms with Crippen LogP contribution in [0.25, 0.3) is 0 Å². The second kappa shape index (κ2) is 8.09. The Kier molecular flexibility index (Phi) is 6.03. The fraction of sp³-hybridized carbons (Fsp3) is 0.650. The maximum absolute atomic E-state index is 12.7. The lowest BCUT2D eigenvalue weighted by atomic mass is 9.78. The first-order valence-electron chi connectivity index (χ1n) is 9.75. The van der Waals surface area contributed by atoms with Crippen molar-refractivity contribution in [3.8, 4) is 0 Å². The Hall–Kier alpha value is -1.40. The van der Waals surface area contributed by atoms with E-state index < -0.39 is 10.0 Å². The number of carbonyl (C=O) groups is 1. The molecule has 2 aliphatic rings. The Labute approximate surface area is 157 Å². The summed E-state index contributed by atoms with van der Waals surface area (Å²) < 4.78 is 27.5. The molecule has 1 aliphatic carbocycles. The number of nitrogens with one attached hydrogen (secondary N) is 1. The highest BCUT2D eigenvalue weighted by Crippen LogP contribution is 2.35. The lowest BCUT2D eigenvalue weighted by Crippen LogP contribution is -2.50. The molecule has 0 aromatic heterocycles. The van der Waals surface area contributed by atoms with Gasteiger partial charge in [-0.1, -0.05) is 18.9 Å². The molecule has 2 fully saturated rings. The van der Waals surface area contributed by atoms with Gasteiger partial charge in [0.25, 0.3) is 0 Å². The van der Waals surface area contributed by atoms with E-state index in [2.05, 4.69) is 4.72 Å². The van der Waals surface area contributed by atoms with Crippen LogP contribution >= 0.6 is 0 Å². The van der Waals surface area contributed by atoms with Gasteiger partial charge in [-0.05, 0) is 68.7 Å². The smallest absolute Gasteiger partial charge is 0.240 e. The SMILES string of the molecule is Cc1ccc(S(=O)(=O)NCCC(=O)N2CCCC3CCCCC32)cc1C. The molecule has 0 spiro atoms. The molecule has 5 nitrogen and oxygen atoms in total. The van der Waals surface area contributed by atoms with E-state index in [4.69, 9.17) is 0 Å². The Morgan fingerprint density at radius 2 is 1.85 bits per heavy atom. The molecule has 6 heteroatoms. The Bertz CT molecular complexity index is 758. The van der Waals surface area contributed by atoms with Crippen LogP contribution in [0.3, 0.4) is 0 Å². The highest BCUT2D eigenvalue weighted by molar-refractivity contribution is 7.89. The number of sulfonamides is 1. The molecule has 1 amide bonds. The summed E-state index contributed by atoms with van der Waals surface area (Å²) in [6, 6.07) is 5.48. The van der Waals surface area contributed by atoms with Crippen molar-refractivity contribution in [2.24, 2.45) is 5.92 Å². The fourth-order valence-corrected chi connectivity index (χ4v) is 5.45. The molecule has 3 rings (SSSR count). The molecule has 1 aliphatic heterocycles. The zero-order valence-electron chi connectivity index (χ0n) is 15.8. The zero-order chi connectivity index (χ0) is 18.7. The monoisotopic (exact) mass is 378 g/mol. The van der Waals surface area contributed by atoms with Crippen LogP contribution in [0.5, 0.6) is 0 Å². The number of fused-ring (bicyclic) bond motifs is 1. The topological polar surface area (TPSA) is 66.5 Å². The van der Waals surface area contributed by atoms with E-state index in [0.717, 1.165) is 30.5 Å². The number of amides is 1. The predicted octanol–water partition coefficient (Wildman–Crippen LogP) is 3.15. The van der Waals surface area contributed by atoms with Crippen LogP contribution in [0, 0.1) is 19.8 Å². The van der Waals surface area contributed by atoms with E-state index >= 15 is 0 Å². The number of aryl methyl sites for hydroxylation is 2. The van der Waals surface area contributed by atoms with Gasteiger partial charge in [-0.2, -0.15) is 0 Å². The minimum atomic E-state index is -3.57. The summed E-state index contributed by atoms with van der Waals surface area (Å²) in [5, 5.41) is 0. The number of likely N-dealkylation sites (tertiary alicyclic amines) is 1. The third kappa shape index (κ3) is 4.29. The van der Waals surface area contributed by atoms with E-state index in [0.29, 0.717) is 12.0 Å². The van der Waals surface area contributed by atoms with Gasteiger partial charge >= 0.3 is 0 Å². The van der Waals surface area contributed by atoms with E-state index in [9.17, 15) is 13.2 Å². The van der Waals surface area contributed by atoms with Crippen molar-refractivity contribution in [3.63, 3.8) is 0 Å². The van der Waals surface area contributed by atoms with Gasteiger partial charge in [-0.15, -0.1) is 0 Å². The van der Waals surface area contributed by atoms with Gasteiger partial charge in [0.15, 0.2) is 0 Å². The number of hydrogen-bond donors (Lipinski definition) is 1. The second-order valence-electron chi connectivity index (χ2n) is 7.74. The second-order valence-corrected chi connectivity index (χ2v) is 9.50. The lowest BCUT2D eigenvalue weighted by molar-refractivity contribution is -0.137. The minimum Gasteiger partial charge on any atom is -0.339 e. The molecule has 1 saturated carbocycles. The number of rotatable bonds is 5. The first kappa shape index (κ1) is 19.4. The van der Waals surface area contributed by atoms with Crippen LogP contribution in [0.2, 0.25) is 0 Å². The van der Waals surface area contributed by atoms with Gasteiger partial charge in [0.05, 0.1) is 4.90 Å². The molecule has 2 unspecified atom stereocenters. The lowest BCUT2D eigenvalue weighted by Gasteiger charge is -2.44. The van der Waals surface area contributed by atoms with Crippen LogP contribution in [0.15, 0.2) is 23.1 Å². The summed E-state index contributed by atoms with van der Waals surface area (Å²) in [6.45, 7) is 4.83. The molecular formula is C20H30N2O3S. The number of hydrogen-bond acceptors (Lipinski definition) is 3. The third-order valence-electron chi connectivity index (χ3n) is 5.98. The average Bonchev–Trinajstić information content (AvgIpc) is 2.63. The normalized spacial score (nSPS) is 23.5. The van der Waals surface area contributed by atoms with Crippen molar-refractivity contribution >= 4 is 15.9 Å². The van der Waals surface area contributed by atoms with E-state index in [-0.39, 0.29) is 23.8 Å². The van der Waals surface area contributed by atoms with Crippen LogP contribution in [0.4, 0.5) is 0 Å². The van der Waals surface area contributed by atoms with Crippen molar-refractivity contribution in [3.05, 3.63) is 29.3 Å². The number of carbonyl (C=O) groups excluding carboxylic acids is 1. The molecule has 1 saturated heterocycles. The van der Waals surface area contributed by atoms with Crippen molar-refractivity contribution in [2.45, 2.75) is 69.7 Å². The number of nitrogens with zero attached hydrogens (tertiary/aromatic N) is 1. The molecule has 1 aromatic carbocycles. The van der Waals surface area contributed by atoms with Gasteiger partial charge < -0.3 is 4.90 Å². The molecular weight excluding hydrogens is 348 g/mol. The standard InChI is InChI=1S/C20H30N2O3S/c1-15-9-10-18(14-16(15)2)26(24,25)21-12-11-20(23)22-13-5-7-17-6-3-4-8-19(17)22/h9-10,14,17,19,21H,3-8,11-13H2,1-2H3. The fourth-order valence-electron chi connectivity index (χ4n) is 4.33. The zero-order valence-corrected chi connectivity index (χ0v) is 16.6. The van der Waals surface area contributed by atoms with Crippen LogP contribution in [-0.4, -0.2) is 38.4 Å². The van der Waals surface area contributed by atoms with Crippen molar-refractivity contribution in [1.29, 1.82) is 0 Å². The van der Waals surface area contributed by atoms with Crippen LogP contribution in [0.1, 0.15) is 56.1 Å². The number of piperidine rings is 1. The third-order valence-corrected chi connectivity index (χ3v) is 7.44. The summed E-state index contributed by atoms with van der Waals surface area (Å²) in [5.74, 6) is 0.734. The molecule has 1 aromatic rings. The molecule has 0 bridgehead atoms. The first-order valence-corrected chi connectivity index (χ1v) is 11.2. The van der Waals surface area contributed by atoms with Crippen molar-refractivity contribution in [1.82, 2.24) is 9.62 Å². The number of benzene rings is 1. The highest BCUT2D eigenvalue weighted by Gasteiger charge is 2.35. The molecule has 0 radical (unpaired) electrons. The van der Waals surface area contributed by atoms with Gasteiger partial charge in [-0.25, -0.2) is 13.1 Å². The predicted molar refractivity (Wildman–Crippen MR) is 102 cm³/mol. The van der Waals surface area contributed by atoms with Crippen molar-refractivity contribution < 1.29 is 13.2 Å². The summed E-state index contributed by atoms with van der Waals surface area (Å²) in [4.78, 5) is 15.0. The summed E-state index contributed by atoms with van der Waals surface area (Å²) in [6.07, 6.45) is 7.34. The molecule has 1 heterocycles. The van der Waals surface area contributed by atoms with E-state index in [1.54, 1.807) is 12.1 Å². The summed E-state index contributed by atoms with van der Waals surface area (Å²) in [5.41, 5.74) is 2.01. The Balaban J connectivity index is 1.56. The maximum atomic E-state index is 12.7. The van der Waals surface area contributed by atoms with Crippen LogP contribution < -0.4 is 4.72 Å². The van der Waals surface area contributed by atoms with Gasteiger partial charge in [0, 0.05) is 25.6 Å². The quantitative estimate of drug-likeness (QED) is 0.856. The van der Waals surface area contributed by atoms with Crippen molar-refractivity contribution in [2.75, 3.05) is 13.1 Å². The largest absolute Gasteiger partial charge is 0.339 e. The summed E-state index contributed by atoms with van der Waals surface area (Å²) in [7, 11) is -3.57. The van der Waals surface area contributed by atoms with Gasteiger partial charge in [-0.3, -0.25) is 4.79 Å². The molecule has 2 atom stereocenters.